The summed E-state index contributed by atoms with van der Waals surface area (Å²) < 4.78 is 18.7. The highest BCUT2D eigenvalue weighted by atomic mass is 19.1. The van der Waals surface area contributed by atoms with Crippen molar-refractivity contribution in [2.45, 2.75) is 6.92 Å². The summed E-state index contributed by atoms with van der Waals surface area (Å²) in [5.41, 5.74) is 0.0663. The number of aromatic amines is 1. The molecule has 19 heavy (non-hydrogen) atoms. The Labute approximate surface area is 108 Å². The maximum atomic E-state index is 13.8. The molecule has 0 fully saturated rings. The van der Waals surface area contributed by atoms with Crippen LogP contribution in [0.25, 0.3) is 10.9 Å². The number of rotatable bonds is 4. The van der Waals surface area contributed by atoms with E-state index < -0.39 is 5.82 Å². The molecular formula is C13H13FN2O3. The summed E-state index contributed by atoms with van der Waals surface area (Å²) in [5, 5.41) is 3.03. The summed E-state index contributed by atoms with van der Waals surface area (Å²) in [6.07, 6.45) is 0. The lowest BCUT2D eigenvalue weighted by atomic mass is 10.2. The summed E-state index contributed by atoms with van der Waals surface area (Å²) in [4.78, 5) is 25.0. The average Bonchev–Trinajstić information content (AvgIpc) is 2.37. The van der Waals surface area contributed by atoms with Gasteiger partial charge in [0.1, 0.15) is 12.4 Å². The summed E-state index contributed by atoms with van der Waals surface area (Å²) in [7, 11) is 0. The molecule has 0 radical (unpaired) electrons. The van der Waals surface area contributed by atoms with Crippen LogP contribution in [0, 0.1) is 5.82 Å². The fraction of sp³-hybridized carbons (Fsp3) is 0.231. The number of carbonyl (C=O) groups excluding carboxylic acids is 1. The fourth-order valence-corrected chi connectivity index (χ4v) is 1.69. The number of carbonyl (C=O) groups is 1. The highest BCUT2D eigenvalue weighted by Crippen LogP contribution is 2.20. The van der Waals surface area contributed by atoms with Crippen LogP contribution in [0.15, 0.2) is 29.1 Å². The third kappa shape index (κ3) is 3.17. The van der Waals surface area contributed by atoms with Gasteiger partial charge < -0.3 is 15.0 Å². The largest absolute Gasteiger partial charge is 0.372 e. The number of amides is 1. The molecule has 0 unspecified atom stereocenters. The van der Waals surface area contributed by atoms with E-state index in [4.69, 9.17) is 4.74 Å². The third-order valence-electron chi connectivity index (χ3n) is 2.50. The molecule has 0 saturated carbocycles. The van der Waals surface area contributed by atoms with Crippen molar-refractivity contribution in [2.24, 2.45) is 0 Å². The molecule has 1 amide bonds. The smallest absolute Gasteiger partial charge is 0.250 e. The zero-order valence-corrected chi connectivity index (χ0v) is 10.3. The number of hydrogen-bond donors (Lipinski definition) is 2. The Bertz CT molecular complexity index is 666. The van der Waals surface area contributed by atoms with Crippen LogP contribution in [0.5, 0.6) is 0 Å². The van der Waals surface area contributed by atoms with Crippen LogP contribution in [0.4, 0.5) is 10.1 Å². The SMILES string of the molecule is CCOCC(=O)Nc1cc(F)c2[nH]c(=O)ccc2c1. The highest BCUT2D eigenvalue weighted by molar-refractivity contribution is 5.94. The van der Waals surface area contributed by atoms with E-state index >= 15 is 0 Å². The second kappa shape index (κ2) is 5.62. The molecule has 5 nitrogen and oxygen atoms in total. The quantitative estimate of drug-likeness (QED) is 0.881. The number of benzene rings is 1. The number of halogens is 1. The Morgan fingerprint density at radius 1 is 1.42 bits per heavy atom. The molecule has 2 rings (SSSR count). The number of aromatic nitrogens is 1. The molecule has 2 N–H and O–H groups in total. The van der Waals surface area contributed by atoms with E-state index in [0.29, 0.717) is 17.7 Å². The Morgan fingerprint density at radius 2 is 2.21 bits per heavy atom. The van der Waals surface area contributed by atoms with Gasteiger partial charge in [0.15, 0.2) is 0 Å². The van der Waals surface area contributed by atoms with Crippen molar-refractivity contribution in [2.75, 3.05) is 18.5 Å². The molecule has 0 atom stereocenters. The van der Waals surface area contributed by atoms with Crippen LogP contribution >= 0.6 is 0 Å². The van der Waals surface area contributed by atoms with Crippen molar-refractivity contribution < 1.29 is 13.9 Å². The van der Waals surface area contributed by atoms with Gasteiger partial charge in [-0.1, -0.05) is 0 Å². The lowest BCUT2D eigenvalue weighted by Gasteiger charge is -2.07. The monoisotopic (exact) mass is 264 g/mol. The second-order valence-corrected chi connectivity index (χ2v) is 3.93. The second-order valence-electron chi connectivity index (χ2n) is 3.93. The van der Waals surface area contributed by atoms with E-state index in [0.717, 1.165) is 6.07 Å². The van der Waals surface area contributed by atoms with Gasteiger partial charge in [-0.25, -0.2) is 4.39 Å². The Hall–Kier alpha value is -2.21. The van der Waals surface area contributed by atoms with Gasteiger partial charge in [-0.3, -0.25) is 9.59 Å². The topological polar surface area (TPSA) is 71.2 Å². The molecule has 0 aliphatic carbocycles. The number of nitrogens with one attached hydrogen (secondary N) is 2. The minimum Gasteiger partial charge on any atom is -0.372 e. The Kier molecular flexibility index (Phi) is 3.91. The zero-order chi connectivity index (χ0) is 13.8. The maximum absolute atomic E-state index is 13.8. The molecule has 1 aromatic heterocycles. The van der Waals surface area contributed by atoms with Gasteiger partial charge in [-0.2, -0.15) is 0 Å². The van der Waals surface area contributed by atoms with Crippen molar-refractivity contribution in [1.82, 2.24) is 4.98 Å². The van der Waals surface area contributed by atoms with Gasteiger partial charge in [-0.15, -0.1) is 0 Å². The number of H-pyrrole nitrogens is 1. The minimum absolute atomic E-state index is 0.0816. The molecule has 1 heterocycles. The predicted octanol–water partition coefficient (Wildman–Crippen LogP) is 1.64. The number of anilines is 1. The van der Waals surface area contributed by atoms with Crippen molar-refractivity contribution >= 4 is 22.5 Å². The van der Waals surface area contributed by atoms with Crippen molar-refractivity contribution in [1.29, 1.82) is 0 Å². The van der Waals surface area contributed by atoms with Crippen LogP contribution in [0.1, 0.15) is 6.92 Å². The van der Waals surface area contributed by atoms with E-state index in [1.54, 1.807) is 13.0 Å². The van der Waals surface area contributed by atoms with Crippen LogP contribution in [-0.2, 0) is 9.53 Å². The maximum Gasteiger partial charge on any atom is 0.250 e. The molecule has 6 heteroatoms. The molecule has 100 valence electrons. The fourth-order valence-electron chi connectivity index (χ4n) is 1.69. The summed E-state index contributed by atoms with van der Waals surface area (Å²) in [5.74, 6) is -0.952. The first kappa shape index (κ1) is 13.2. The number of ether oxygens (including phenoxy) is 1. The molecule has 0 aliphatic rings. The number of hydrogen-bond acceptors (Lipinski definition) is 3. The van der Waals surface area contributed by atoms with Crippen LogP contribution in [0.3, 0.4) is 0 Å². The van der Waals surface area contributed by atoms with Crippen molar-refractivity contribution in [3.8, 4) is 0 Å². The van der Waals surface area contributed by atoms with Crippen LogP contribution < -0.4 is 10.9 Å². The van der Waals surface area contributed by atoms with Gasteiger partial charge in [-0.05, 0) is 25.1 Å². The van der Waals surface area contributed by atoms with Crippen molar-refractivity contribution in [3.05, 3.63) is 40.4 Å². The van der Waals surface area contributed by atoms with E-state index in [1.165, 1.54) is 12.1 Å². The van der Waals surface area contributed by atoms with Gasteiger partial charge in [0, 0.05) is 23.7 Å². The van der Waals surface area contributed by atoms with Gasteiger partial charge in [0.25, 0.3) is 0 Å². The highest BCUT2D eigenvalue weighted by Gasteiger charge is 2.07. The first-order valence-corrected chi connectivity index (χ1v) is 5.80. The summed E-state index contributed by atoms with van der Waals surface area (Å²) >= 11 is 0. The van der Waals surface area contributed by atoms with Gasteiger partial charge >= 0.3 is 0 Å². The van der Waals surface area contributed by atoms with Crippen molar-refractivity contribution in [3.63, 3.8) is 0 Å². The molecular weight excluding hydrogens is 251 g/mol. The average molecular weight is 264 g/mol. The molecule has 0 aliphatic heterocycles. The molecule has 0 spiro atoms. The molecule has 2 aromatic rings. The van der Waals surface area contributed by atoms with Crippen LogP contribution in [0.2, 0.25) is 0 Å². The first-order valence-electron chi connectivity index (χ1n) is 5.80. The van der Waals surface area contributed by atoms with Gasteiger partial charge in [0.2, 0.25) is 11.5 Å². The van der Waals surface area contributed by atoms with E-state index in [-0.39, 0.29) is 23.6 Å². The third-order valence-corrected chi connectivity index (χ3v) is 2.50. The molecule has 1 aromatic carbocycles. The number of fused-ring (bicyclic) bond motifs is 1. The first-order chi connectivity index (χ1) is 9.10. The lowest BCUT2D eigenvalue weighted by Crippen LogP contribution is -2.18. The van der Waals surface area contributed by atoms with E-state index in [9.17, 15) is 14.0 Å². The Balaban J connectivity index is 2.28. The Morgan fingerprint density at radius 3 is 2.95 bits per heavy atom. The summed E-state index contributed by atoms with van der Waals surface area (Å²) in [6, 6.07) is 5.53. The lowest BCUT2D eigenvalue weighted by molar-refractivity contribution is -0.120. The molecule has 0 saturated heterocycles. The predicted molar refractivity (Wildman–Crippen MR) is 69.6 cm³/mol. The van der Waals surface area contributed by atoms with Gasteiger partial charge in [0.05, 0.1) is 5.52 Å². The van der Waals surface area contributed by atoms with E-state index in [1.807, 2.05) is 0 Å². The molecule has 0 bridgehead atoms. The number of pyridine rings is 1. The normalized spacial score (nSPS) is 10.6. The minimum atomic E-state index is -0.595. The summed E-state index contributed by atoms with van der Waals surface area (Å²) in [6.45, 7) is 2.13. The standard InChI is InChI=1S/C13H13FN2O3/c1-2-19-7-12(18)15-9-5-8-3-4-11(17)16-13(8)10(14)6-9/h3-6H,2,7H2,1H3,(H,15,18)(H,16,17). The zero-order valence-electron chi connectivity index (χ0n) is 10.3. The van der Waals surface area contributed by atoms with E-state index in [2.05, 4.69) is 10.3 Å². The van der Waals surface area contributed by atoms with Crippen LogP contribution in [-0.4, -0.2) is 24.1 Å².